The van der Waals surface area contributed by atoms with Crippen LogP contribution in [0.3, 0.4) is 0 Å². The maximum absolute atomic E-state index is 11.9. The minimum absolute atomic E-state index is 0.0344. The molecule has 3 atom stereocenters. The second-order valence-corrected chi connectivity index (χ2v) is 9.81. The number of fused-ring (bicyclic) bond motifs is 1. The second kappa shape index (κ2) is 9.06. The van der Waals surface area contributed by atoms with Crippen LogP contribution in [-0.4, -0.2) is 40.7 Å². The molecule has 2 heterocycles. The van der Waals surface area contributed by atoms with Crippen molar-refractivity contribution >= 4 is 29.4 Å². The SMILES string of the molecule is CC(C)(C)CC(=O)CCCC(=O)CCCCC1SCC2NC(=O)NC21. The van der Waals surface area contributed by atoms with Crippen molar-refractivity contribution in [3.63, 3.8) is 0 Å². The van der Waals surface area contributed by atoms with Crippen LogP contribution < -0.4 is 10.6 Å². The summed E-state index contributed by atoms with van der Waals surface area (Å²) in [5.41, 5.74) is 0.0344. The van der Waals surface area contributed by atoms with E-state index in [1.54, 1.807) is 0 Å². The number of hydrogen-bond acceptors (Lipinski definition) is 4. The van der Waals surface area contributed by atoms with Gasteiger partial charge >= 0.3 is 6.03 Å². The largest absolute Gasteiger partial charge is 0.332 e. The van der Waals surface area contributed by atoms with Crippen molar-refractivity contribution < 1.29 is 14.4 Å². The molecule has 0 radical (unpaired) electrons. The van der Waals surface area contributed by atoms with Crippen LogP contribution in [0.4, 0.5) is 4.79 Å². The van der Waals surface area contributed by atoms with Gasteiger partial charge in [0.05, 0.1) is 12.1 Å². The Morgan fingerprint density at radius 2 is 1.72 bits per heavy atom. The summed E-state index contributed by atoms with van der Waals surface area (Å²) in [6, 6.07) is 0.480. The number of unbranched alkanes of at least 4 members (excludes halogenated alkanes) is 1. The molecule has 2 amide bonds. The van der Waals surface area contributed by atoms with Crippen LogP contribution in [0.5, 0.6) is 0 Å². The van der Waals surface area contributed by atoms with Crippen LogP contribution in [0.1, 0.15) is 72.1 Å². The predicted molar refractivity (Wildman–Crippen MR) is 102 cm³/mol. The van der Waals surface area contributed by atoms with Gasteiger partial charge in [-0.25, -0.2) is 4.79 Å². The molecule has 2 fully saturated rings. The Morgan fingerprint density at radius 3 is 2.44 bits per heavy atom. The normalized spacial score (nSPS) is 25.4. The lowest BCUT2D eigenvalue weighted by Crippen LogP contribution is -2.36. The van der Waals surface area contributed by atoms with Gasteiger partial charge in [0.25, 0.3) is 0 Å². The van der Waals surface area contributed by atoms with Gasteiger partial charge in [-0.3, -0.25) is 9.59 Å². The number of amides is 2. The smallest absolute Gasteiger partial charge is 0.315 e. The van der Waals surface area contributed by atoms with Crippen molar-refractivity contribution in [1.82, 2.24) is 10.6 Å². The fraction of sp³-hybridized carbons (Fsp3) is 0.842. The van der Waals surface area contributed by atoms with Crippen molar-refractivity contribution in [2.75, 3.05) is 5.75 Å². The molecule has 0 bridgehead atoms. The Morgan fingerprint density at radius 1 is 1.04 bits per heavy atom. The standard InChI is InChI=1S/C19H32N2O3S/c1-19(2,3)11-14(23)9-6-8-13(22)7-4-5-10-16-17-15(12-25-16)20-18(24)21-17/h15-17H,4-12H2,1-3H3,(H2,20,21,24). The minimum Gasteiger partial charge on any atom is -0.332 e. The van der Waals surface area contributed by atoms with Crippen molar-refractivity contribution in [2.24, 2.45) is 5.41 Å². The van der Waals surface area contributed by atoms with Gasteiger partial charge in [0, 0.05) is 36.7 Å². The average molecular weight is 369 g/mol. The first-order chi connectivity index (χ1) is 11.7. The number of urea groups is 1. The van der Waals surface area contributed by atoms with E-state index >= 15 is 0 Å². The molecule has 0 aromatic heterocycles. The number of rotatable bonds is 10. The molecule has 25 heavy (non-hydrogen) atoms. The molecule has 0 spiro atoms. The van der Waals surface area contributed by atoms with Gasteiger partial charge in [-0.15, -0.1) is 0 Å². The van der Waals surface area contributed by atoms with Crippen molar-refractivity contribution in [1.29, 1.82) is 0 Å². The highest BCUT2D eigenvalue weighted by Gasteiger charge is 2.42. The molecule has 2 aliphatic heterocycles. The number of nitrogens with one attached hydrogen (secondary N) is 2. The number of carbonyl (C=O) groups excluding carboxylic acids is 3. The average Bonchev–Trinajstić information content (AvgIpc) is 3.01. The molecule has 2 aliphatic rings. The summed E-state index contributed by atoms with van der Waals surface area (Å²) >= 11 is 1.92. The van der Waals surface area contributed by atoms with Crippen LogP contribution in [-0.2, 0) is 9.59 Å². The first-order valence-electron chi connectivity index (χ1n) is 9.47. The highest BCUT2D eigenvalue weighted by atomic mass is 32.2. The lowest BCUT2D eigenvalue weighted by molar-refractivity contribution is -0.121. The summed E-state index contributed by atoms with van der Waals surface area (Å²) in [6.07, 6.45) is 5.92. The molecule has 142 valence electrons. The van der Waals surface area contributed by atoms with Crippen LogP contribution in [0.15, 0.2) is 0 Å². The van der Waals surface area contributed by atoms with E-state index in [1.165, 1.54) is 0 Å². The van der Waals surface area contributed by atoms with Gasteiger partial charge < -0.3 is 10.6 Å². The lowest BCUT2D eigenvalue weighted by Gasteiger charge is -2.16. The third kappa shape index (κ3) is 7.00. The zero-order chi connectivity index (χ0) is 18.4. The van der Waals surface area contributed by atoms with Crippen LogP contribution in [0.2, 0.25) is 0 Å². The molecule has 0 aromatic carbocycles. The molecule has 3 unspecified atom stereocenters. The van der Waals surface area contributed by atoms with Crippen LogP contribution in [0.25, 0.3) is 0 Å². The molecular weight excluding hydrogens is 336 g/mol. The van der Waals surface area contributed by atoms with Gasteiger partial charge in [-0.1, -0.05) is 27.2 Å². The summed E-state index contributed by atoms with van der Waals surface area (Å²) in [7, 11) is 0. The van der Waals surface area contributed by atoms with E-state index < -0.39 is 0 Å². The van der Waals surface area contributed by atoms with E-state index in [0.29, 0.717) is 37.4 Å². The fourth-order valence-electron chi connectivity index (χ4n) is 3.60. The zero-order valence-electron chi connectivity index (χ0n) is 15.7. The summed E-state index contributed by atoms with van der Waals surface area (Å²) < 4.78 is 0. The molecular formula is C19H32N2O3S. The van der Waals surface area contributed by atoms with Gasteiger partial charge in [-0.2, -0.15) is 11.8 Å². The highest BCUT2D eigenvalue weighted by Crippen LogP contribution is 2.33. The summed E-state index contributed by atoms with van der Waals surface area (Å²) in [6.45, 7) is 6.19. The van der Waals surface area contributed by atoms with E-state index in [-0.39, 0.29) is 35.1 Å². The Bertz CT molecular complexity index is 501. The number of carbonyl (C=O) groups is 3. The van der Waals surface area contributed by atoms with Crippen LogP contribution in [0, 0.1) is 5.41 Å². The van der Waals surface area contributed by atoms with Gasteiger partial charge in [0.1, 0.15) is 11.6 Å². The van der Waals surface area contributed by atoms with E-state index in [9.17, 15) is 14.4 Å². The molecule has 2 saturated heterocycles. The Kier molecular flexibility index (Phi) is 7.35. The van der Waals surface area contributed by atoms with Crippen molar-refractivity contribution in [3.8, 4) is 0 Å². The van der Waals surface area contributed by atoms with Crippen molar-refractivity contribution in [2.45, 2.75) is 89.5 Å². The maximum atomic E-state index is 11.9. The third-order valence-corrected chi connectivity index (χ3v) is 6.28. The molecule has 5 nitrogen and oxygen atoms in total. The number of hydrogen-bond donors (Lipinski definition) is 2. The van der Waals surface area contributed by atoms with Crippen LogP contribution >= 0.6 is 11.8 Å². The first-order valence-corrected chi connectivity index (χ1v) is 10.5. The Hall–Kier alpha value is -1.04. The lowest BCUT2D eigenvalue weighted by atomic mass is 9.88. The summed E-state index contributed by atoms with van der Waals surface area (Å²) in [4.78, 5) is 35.1. The molecule has 6 heteroatoms. The minimum atomic E-state index is -0.0449. The molecule has 0 saturated carbocycles. The van der Waals surface area contributed by atoms with Crippen molar-refractivity contribution in [3.05, 3.63) is 0 Å². The second-order valence-electron chi connectivity index (χ2n) is 8.54. The Balaban J connectivity index is 1.51. The Labute approximate surface area is 155 Å². The molecule has 2 rings (SSSR count). The fourth-order valence-corrected chi connectivity index (χ4v) is 5.14. The third-order valence-electron chi connectivity index (χ3n) is 4.77. The molecule has 2 N–H and O–H groups in total. The summed E-state index contributed by atoms with van der Waals surface area (Å²) in [5, 5.41) is 6.42. The van der Waals surface area contributed by atoms with E-state index in [0.717, 1.165) is 25.0 Å². The maximum Gasteiger partial charge on any atom is 0.315 e. The topological polar surface area (TPSA) is 75.3 Å². The van der Waals surface area contributed by atoms with Gasteiger partial charge in [0.2, 0.25) is 0 Å². The predicted octanol–water partition coefficient (Wildman–Crippen LogP) is 3.46. The first kappa shape index (κ1) is 20.3. The zero-order valence-corrected chi connectivity index (χ0v) is 16.5. The summed E-state index contributed by atoms with van der Waals surface area (Å²) in [5.74, 6) is 1.52. The monoisotopic (exact) mass is 368 g/mol. The molecule has 0 aliphatic carbocycles. The number of ketones is 2. The van der Waals surface area contributed by atoms with E-state index in [2.05, 4.69) is 31.4 Å². The molecule has 0 aromatic rings. The van der Waals surface area contributed by atoms with E-state index in [4.69, 9.17) is 0 Å². The van der Waals surface area contributed by atoms with Gasteiger partial charge in [0.15, 0.2) is 0 Å². The highest BCUT2D eigenvalue weighted by molar-refractivity contribution is 8.00. The quantitative estimate of drug-likeness (QED) is 0.457. The number of thioether (sulfide) groups is 1. The van der Waals surface area contributed by atoms with E-state index in [1.807, 2.05) is 11.8 Å². The van der Waals surface area contributed by atoms with Gasteiger partial charge in [-0.05, 0) is 24.7 Å². The number of Topliss-reactive ketones (excluding diaryl/α,β-unsaturated/α-hetero) is 2.